The molecule has 1 saturated heterocycles. The second-order valence-corrected chi connectivity index (χ2v) is 10.5. The molecule has 166 valence electrons. The summed E-state index contributed by atoms with van der Waals surface area (Å²) in [4.78, 5) is 28.0. The van der Waals surface area contributed by atoms with E-state index in [-0.39, 0.29) is 19.6 Å². The number of hydrogen-bond acceptors (Lipinski definition) is 4. The number of halogens is 1. The number of benzene rings is 2. The molecular weight excluding hydrogens is 438 g/mol. The van der Waals surface area contributed by atoms with Gasteiger partial charge in [-0.25, -0.2) is 8.42 Å². The molecular formula is C22H26ClN3O4S. The highest BCUT2D eigenvalue weighted by Gasteiger charge is 2.50. The Bertz CT molecular complexity index is 1120. The topological polar surface area (TPSA) is 86.8 Å². The summed E-state index contributed by atoms with van der Waals surface area (Å²) in [6, 6.07) is 12.6. The van der Waals surface area contributed by atoms with Crippen molar-refractivity contribution in [2.75, 3.05) is 24.2 Å². The number of amides is 2. The predicted octanol–water partition coefficient (Wildman–Crippen LogP) is 2.64. The van der Waals surface area contributed by atoms with E-state index in [2.05, 4.69) is 5.32 Å². The SMILES string of the molecule is Cc1cccc(N2C(=O)CN(S(C)(=O)=O)CC2(C)C(=O)NCc2ccc(Cl)cc2)c1C. The molecule has 1 atom stereocenters. The van der Waals surface area contributed by atoms with Crippen LogP contribution in [0.1, 0.15) is 23.6 Å². The van der Waals surface area contributed by atoms with Crippen molar-refractivity contribution in [3.05, 3.63) is 64.2 Å². The fourth-order valence-corrected chi connectivity index (χ4v) is 4.68. The van der Waals surface area contributed by atoms with Gasteiger partial charge < -0.3 is 5.32 Å². The first-order chi connectivity index (χ1) is 14.4. The van der Waals surface area contributed by atoms with E-state index in [1.165, 1.54) is 4.90 Å². The average Bonchev–Trinajstić information content (AvgIpc) is 2.69. The van der Waals surface area contributed by atoms with Gasteiger partial charge in [0.15, 0.2) is 0 Å². The second-order valence-electron chi connectivity index (χ2n) is 8.06. The predicted molar refractivity (Wildman–Crippen MR) is 122 cm³/mol. The zero-order valence-corrected chi connectivity index (χ0v) is 19.5. The molecule has 3 rings (SSSR count). The first-order valence-electron chi connectivity index (χ1n) is 9.80. The van der Waals surface area contributed by atoms with E-state index in [1.807, 2.05) is 26.0 Å². The van der Waals surface area contributed by atoms with E-state index in [9.17, 15) is 18.0 Å². The molecule has 9 heteroatoms. The standard InChI is InChI=1S/C22H26ClN3O4S/c1-15-6-5-7-19(16(15)2)26-20(27)13-25(31(4,29)30)14-22(26,3)21(28)24-12-17-8-10-18(23)11-9-17/h5-11H,12-14H2,1-4H3,(H,24,28). The van der Waals surface area contributed by atoms with E-state index in [0.717, 1.165) is 27.3 Å². The summed E-state index contributed by atoms with van der Waals surface area (Å²) in [5, 5.41) is 3.45. The van der Waals surface area contributed by atoms with Crippen molar-refractivity contribution in [3.63, 3.8) is 0 Å². The van der Waals surface area contributed by atoms with Crippen LogP contribution in [0, 0.1) is 13.8 Å². The molecule has 1 fully saturated rings. The van der Waals surface area contributed by atoms with Crippen LogP contribution in [0.15, 0.2) is 42.5 Å². The molecule has 31 heavy (non-hydrogen) atoms. The van der Waals surface area contributed by atoms with E-state index in [1.54, 1.807) is 37.3 Å². The van der Waals surface area contributed by atoms with E-state index in [4.69, 9.17) is 11.6 Å². The molecule has 1 aliphatic rings. The Labute approximate surface area is 188 Å². The molecule has 0 aromatic heterocycles. The average molecular weight is 464 g/mol. The molecule has 1 N–H and O–H groups in total. The van der Waals surface area contributed by atoms with Crippen LogP contribution >= 0.6 is 11.6 Å². The van der Waals surface area contributed by atoms with Gasteiger partial charge in [0.1, 0.15) is 5.54 Å². The molecule has 7 nitrogen and oxygen atoms in total. The summed E-state index contributed by atoms with van der Waals surface area (Å²) < 4.78 is 25.5. The molecule has 1 heterocycles. The lowest BCUT2D eigenvalue weighted by molar-refractivity contribution is -0.133. The lowest BCUT2D eigenvalue weighted by Gasteiger charge is -2.47. The van der Waals surface area contributed by atoms with Crippen molar-refractivity contribution in [1.29, 1.82) is 0 Å². The first kappa shape index (κ1) is 23.2. The Morgan fingerprint density at radius 2 is 1.81 bits per heavy atom. The fraction of sp³-hybridized carbons (Fsp3) is 0.364. The molecule has 1 aliphatic heterocycles. The van der Waals surface area contributed by atoms with Crippen molar-refractivity contribution in [3.8, 4) is 0 Å². The summed E-state index contributed by atoms with van der Waals surface area (Å²) in [7, 11) is -3.67. The Morgan fingerprint density at radius 3 is 2.42 bits per heavy atom. The minimum atomic E-state index is -3.67. The van der Waals surface area contributed by atoms with Crippen molar-refractivity contribution >= 4 is 39.1 Å². The number of hydrogen-bond donors (Lipinski definition) is 1. The van der Waals surface area contributed by atoms with Crippen LogP contribution in [0.4, 0.5) is 5.69 Å². The monoisotopic (exact) mass is 463 g/mol. The molecule has 0 aliphatic carbocycles. The van der Waals surface area contributed by atoms with Crippen LogP contribution in [0.2, 0.25) is 5.02 Å². The quantitative estimate of drug-likeness (QED) is 0.738. The Morgan fingerprint density at radius 1 is 1.16 bits per heavy atom. The largest absolute Gasteiger partial charge is 0.350 e. The number of carbonyl (C=O) groups excluding carboxylic acids is 2. The van der Waals surface area contributed by atoms with Crippen LogP contribution in [-0.2, 0) is 26.2 Å². The third kappa shape index (κ3) is 4.76. The van der Waals surface area contributed by atoms with Crippen molar-refractivity contribution < 1.29 is 18.0 Å². The highest BCUT2D eigenvalue weighted by molar-refractivity contribution is 7.88. The Hall–Kier alpha value is -2.42. The summed E-state index contributed by atoms with van der Waals surface area (Å²) >= 11 is 5.91. The number of sulfonamides is 1. The Balaban J connectivity index is 1.99. The zero-order valence-electron chi connectivity index (χ0n) is 18.0. The van der Waals surface area contributed by atoms with Gasteiger partial charge in [-0.1, -0.05) is 35.9 Å². The van der Waals surface area contributed by atoms with Gasteiger partial charge in [0, 0.05) is 23.8 Å². The van der Waals surface area contributed by atoms with Gasteiger partial charge in [-0.3, -0.25) is 14.5 Å². The highest BCUT2D eigenvalue weighted by Crippen LogP contribution is 2.33. The van der Waals surface area contributed by atoms with Gasteiger partial charge in [-0.2, -0.15) is 4.31 Å². The Kier molecular flexibility index (Phi) is 6.45. The number of nitrogens with zero attached hydrogens (tertiary/aromatic N) is 2. The zero-order chi connectivity index (χ0) is 23.0. The van der Waals surface area contributed by atoms with Crippen LogP contribution in [0.25, 0.3) is 0 Å². The fourth-order valence-electron chi connectivity index (χ4n) is 3.73. The molecule has 0 spiro atoms. The normalized spacial score (nSPS) is 20.0. The van der Waals surface area contributed by atoms with Gasteiger partial charge in [0.05, 0.1) is 12.8 Å². The minimum absolute atomic E-state index is 0.141. The summed E-state index contributed by atoms with van der Waals surface area (Å²) in [6.45, 7) is 5.17. The van der Waals surface area contributed by atoms with Crippen LogP contribution in [-0.4, -0.2) is 49.4 Å². The number of aryl methyl sites for hydroxylation is 1. The molecule has 0 saturated carbocycles. The van der Waals surface area contributed by atoms with Crippen molar-refractivity contribution in [2.24, 2.45) is 0 Å². The number of rotatable bonds is 5. The maximum atomic E-state index is 13.4. The van der Waals surface area contributed by atoms with Gasteiger partial charge >= 0.3 is 0 Å². The van der Waals surface area contributed by atoms with Crippen molar-refractivity contribution in [2.45, 2.75) is 32.9 Å². The second kappa shape index (κ2) is 8.61. The first-order valence-corrected chi connectivity index (χ1v) is 12.0. The van der Waals surface area contributed by atoms with Crippen LogP contribution in [0.5, 0.6) is 0 Å². The number of anilines is 1. The minimum Gasteiger partial charge on any atom is -0.350 e. The molecule has 1 unspecified atom stereocenters. The third-order valence-electron chi connectivity index (χ3n) is 5.68. The molecule has 0 bridgehead atoms. The maximum Gasteiger partial charge on any atom is 0.247 e. The summed E-state index contributed by atoms with van der Waals surface area (Å²) in [5.41, 5.74) is 1.84. The van der Waals surface area contributed by atoms with Crippen LogP contribution in [0.3, 0.4) is 0 Å². The van der Waals surface area contributed by atoms with Crippen LogP contribution < -0.4 is 10.2 Å². The summed E-state index contributed by atoms with van der Waals surface area (Å²) in [5.74, 6) is -0.889. The summed E-state index contributed by atoms with van der Waals surface area (Å²) in [6.07, 6.45) is 1.04. The van der Waals surface area contributed by atoms with Gasteiger partial charge in [-0.15, -0.1) is 0 Å². The van der Waals surface area contributed by atoms with Gasteiger partial charge in [-0.05, 0) is 55.7 Å². The third-order valence-corrected chi connectivity index (χ3v) is 7.13. The highest BCUT2D eigenvalue weighted by atomic mass is 35.5. The lowest BCUT2D eigenvalue weighted by atomic mass is 9.93. The number of nitrogens with one attached hydrogen (secondary N) is 1. The van der Waals surface area contributed by atoms with E-state index in [0.29, 0.717) is 10.7 Å². The molecule has 2 amide bonds. The molecule has 2 aromatic carbocycles. The van der Waals surface area contributed by atoms with Gasteiger partial charge in [0.25, 0.3) is 0 Å². The smallest absolute Gasteiger partial charge is 0.247 e. The van der Waals surface area contributed by atoms with E-state index < -0.39 is 27.4 Å². The van der Waals surface area contributed by atoms with Gasteiger partial charge in [0.2, 0.25) is 21.8 Å². The molecule has 0 radical (unpaired) electrons. The molecule has 2 aromatic rings. The van der Waals surface area contributed by atoms with Crippen molar-refractivity contribution in [1.82, 2.24) is 9.62 Å². The number of piperazine rings is 1. The lowest BCUT2D eigenvalue weighted by Crippen LogP contribution is -2.70. The number of carbonyl (C=O) groups is 2. The van der Waals surface area contributed by atoms with E-state index >= 15 is 0 Å². The maximum absolute atomic E-state index is 13.4.